The Bertz CT molecular complexity index is 1140. The predicted octanol–water partition coefficient (Wildman–Crippen LogP) is 9.80. The van der Waals surface area contributed by atoms with Crippen molar-refractivity contribution in [2.75, 3.05) is 0 Å². The van der Waals surface area contributed by atoms with Gasteiger partial charge < -0.3 is 9.47 Å². The third-order valence-electron chi connectivity index (χ3n) is 7.20. The first-order valence-corrected chi connectivity index (χ1v) is 12.7. The van der Waals surface area contributed by atoms with Crippen molar-refractivity contribution >= 4 is 0 Å². The molecule has 0 unspecified atom stereocenters. The van der Waals surface area contributed by atoms with Crippen LogP contribution in [0.4, 0.5) is 17.6 Å². The third-order valence-corrected chi connectivity index (χ3v) is 7.20. The molecule has 1 aliphatic carbocycles. The monoisotopic (exact) mass is 500 g/mol. The molecule has 0 amide bonds. The average molecular weight is 501 g/mol. The highest BCUT2D eigenvalue weighted by atomic mass is 19.3. The van der Waals surface area contributed by atoms with Gasteiger partial charge in [0.25, 0.3) is 0 Å². The number of unbranched alkanes of at least 4 members (excludes halogenated alkanes) is 1. The standard InChI is InChI=1S/C30H32F4O2/c1-3-4-5-20-6-8-21(9-7-20)22-10-12-23(13-11-22)26-18-27(31)28(32)29(19(26)2)35-24-14-16-25(17-15-24)36-30(33)34/h10-18,20-21,30H,3-9H2,1-2H3. The van der Waals surface area contributed by atoms with Crippen LogP contribution in [0.5, 0.6) is 17.2 Å². The second kappa shape index (κ2) is 11.8. The molecular formula is C30H32F4O2. The van der Waals surface area contributed by atoms with Gasteiger partial charge in [0, 0.05) is 5.56 Å². The lowest BCUT2D eigenvalue weighted by Gasteiger charge is -2.29. The summed E-state index contributed by atoms with van der Waals surface area (Å²) >= 11 is 0. The fourth-order valence-electron chi connectivity index (χ4n) is 5.13. The number of rotatable bonds is 9. The van der Waals surface area contributed by atoms with Crippen molar-refractivity contribution < 1.29 is 27.0 Å². The van der Waals surface area contributed by atoms with Crippen LogP contribution in [0.2, 0.25) is 0 Å². The van der Waals surface area contributed by atoms with Gasteiger partial charge in [0.2, 0.25) is 5.82 Å². The molecular weight excluding hydrogens is 468 g/mol. The average Bonchev–Trinajstić information content (AvgIpc) is 2.88. The van der Waals surface area contributed by atoms with Gasteiger partial charge in [-0.1, -0.05) is 50.5 Å². The molecule has 4 rings (SSSR count). The molecule has 0 bridgehead atoms. The van der Waals surface area contributed by atoms with E-state index in [0.717, 1.165) is 11.5 Å². The Morgan fingerprint density at radius 2 is 1.53 bits per heavy atom. The Hall–Kier alpha value is -3.02. The number of ether oxygens (including phenoxy) is 2. The van der Waals surface area contributed by atoms with Crippen LogP contribution in [-0.2, 0) is 0 Å². The van der Waals surface area contributed by atoms with E-state index in [1.165, 1.54) is 80.8 Å². The number of alkyl halides is 2. The van der Waals surface area contributed by atoms with E-state index < -0.39 is 18.2 Å². The van der Waals surface area contributed by atoms with Crippen LogP contribution in [0, 0.1) is 24.5 Å². The molecule has 3 aromatic carbocycles. The molecule has 1 aliphatic rings. The lowest BCUT2D eigenvalue weighted by molar-refractivity contribution is -0.0498. The molecule has 0 N–H and O–H groups in total. The van der Waals surface area contributed by atoms with Crippen molar-refractivity contribution in [3.63, 3.8) is 0 Å². The quantitative estimate of drug-likeness (QED) is 0.272. The van der Waals surface area contributed by atoms with Crippen molar-refractivity contribution in [3.05, 3.63) is 77.4 Å². The van der Waals surface area contributed by atoms with Gasteiger partial charge in [-0.15, -0.1) is 0 Å². The summed E-state index contributed by atoms with van der Waals surface area (Å²) in [7, 11) is 0. The highest BCUT2D eigenvalue weighted by molar-refractivity contribution is 5.70. The largest absolute Gasteiger partial charge is 0.454 e. The maximum absolute atomic E-state index is 14.7. The minimum Gasteiger partial charge on any atom is -0.454 e. The normalized spacial score (nSPS) is 17.9. The Labute approximate surface area is 210 Å². The zero-order valence-corrected chi connectivity index (χ0v) is 20.7. The second-order valence-corrected chi connectivity index (χ2v) is 9.61. The fourth-order valence-corrected chi connectivity index (χ4v) is 5.13. The lowest BCUT2D eigenvalue weighted by atomic mass is 9.77. The van der Waals surface area contributed by atoms with Gasteiger partial charge in [-0.25, -0.2) is 4.39 Å². The summed E-state index contributed by atoms with van der Waals surface area (Å²) in [6.45, 7) is 0.963. The van der Waals surface area contributed by atoms with Crippen LogP contribution in [0.1, 0.15) is 68.9 Å². The third kappa shape index (κ3) is 6.21. The zero-order valence-electron chi connectivity index (χ0n) is 20.7. The number of benzene rings is 3. The van der Waals surface area contributed by atoms with E-state index in [0.29, 0.717) is 17.0 Å². The summed E-state index contributed by atoms with van der Waals surface area (Å²) in [6, 6.07) is 14.6. The SMILES string of the molecule is CCCCC1CCC(c2ccc(-c3cc(F)c(F)c(Oc4ccc(OC(F)F)cc4)c3C)cc2)CC1. The Morgan fingerprint density at radius 3 is 2.14 bits per heavy atom. The van der Waals surface area contributed by atoms with Crippen LogP contribution in [0.15, 0.2) is 54.6 Å². The van der Waals surface area contributed by atoms with Crippen molar-refractivity contribution in [1.82, 2.24) is 0 Å². The smallest absolute Gasteiger partial charge is 0.387 e. The van der Waals surface area contributed by atoms with E-state index >= 15 is 0 Å². The van der Waals surface area contributed by atoms with Crippen LogP contribution in [0.3, 0.4) is 0 Å². The fraction of sp³-hybridized carbons (Fsp3) is 0.400. The van der Waals surface area contributed by atoms with Gasteiger partial charge in [-0.2, -0.15) is 13.2 Å². The summed E-state index contributed by atoms with van der Waals surface area (Å²) < 4.78 is 63.9. The highest BCUT2D eigenvalue weighted by Gasteiger charge is 2.23. The van der Waals surface area contributed by atoms with Crippen molar-refractivity contribution in [2.45, 2.75) is 71.3 Å². The van der Waals surface area contributed by atoms with Crippen LogP contribution < -0.4 is 9.47 Å². The molecule has 192 valence electrons. The van der Waals surface area contributed by atoms with E-state index in [1.54, 1.807) is 6.92 Å². The molecule has 3 aromatic rings. The topological polar surface area (TPSA) is 18.5 Å². The minimum absolute atomic E-state index is 0.0518. The van der Waals surface area contributed by atoms with E-state index in [4.69, 9.17) is 4.74 Å². The van der Waals surface area contributed by atoms with Gasteiger partial charge >= 0.3 is 6.61 Å². The Kier molecular flexibility index (Phi) is 8.55. The molecule has 0 radical (unpaired) electrons. The van der Waals surface area contributed by atoms with Crippen molar-refractivity contribution in [3.8, 4) is 28.4 Å². The molecule has 6 heteroatoms. The molecule has 1 saturated carbocycles. The van der Waals surface area contributed by atoms with E-state index in [9.17, 15) is 17.6 Å². The summed E-state index contributed by atoms with van der Waals surface area (Å²) in [5.41, 5.74) is 3.05. The summed E-state index contributed by atoms with van der Waals surface area (Å²) in [5, 5.41) is 0. The lowest BCUT2D eigenvalue weighted by Crippen LogP contribution is -2.13. The maximum atomic E-state index is 14.7. The van der Waals surface area contributed by atoms with Crippen molar-refractivity contribution in [2.24, 2.45) is 5.92 Å². The summed E-state index contributed by atoms with van der Waals surface area (Å²) in [4.78, 5) is 0. The van der Waals surface area contributed by atoms with Gasteiger partial charge in [-0.05, 0) is 91.5 Å². The Balaban J connectivity index is 1.51. The molecule has 0 heterocycles. The van der Waals surface area contributed by atoms with E-state index in [1.807, 2.05) is 12.1 Å². The molecule has 0 atom stereocenters. The molecule has 0 saturated heterocycles. The number of hydrogen-bond acceptors (Lipinski definition) is 2. The van der Waals surface area contributed by atoms with E-state index in [-0.39, 0.29) is 17.2 Å². The zero-order chi connectivity index (χ0) is 25.7. The second-order valence-electron chi connectivity index (χ2n) is 9.61. The minimum atomic E-state index is -2.95. The molecule has 36 heavy (non-hydrogen) atoms. The molecule has 2 nitrogen and oxygen atoms in total. The van der Waals surface area contributed by atoms with Crippen LogP contribution >= 0.6 is 0 Å². The molecule has 0 aliphatic heterocycles. The summed E-state index contributed by atoms with van der Waals surface area (Å²) in [6.07, 6.45) is 8.81. The van der Waals surface area contributed by atoms with Crippen LogP contribution in [-0.4, -0.2) is 6.61 Å². The molecule has 0 spiro atoms. The van der Waals surface area contributed by atoms with Crippen molar-refractivity contribution in [1.29, 1.82) is 0 Å². The first-order chi connectivity index (χ1) is 17.4. The highest BCUT2D eigenvalue weighted by Crippen LogP contribution is 2.40. The van der Waals surface area contributed by atoms with E-state index in [2.05, 4.69) is 23.8 Å². The van der Waals surface area contributed by atoms with Gasteiger partial charge in [0.15, 0.2) is 11.6 Å². The predicted molar refractivity (Wildman–Crippen MR) is 134 cm³/mol. The first kappa shape index (κ1) is 26.1. The van der Waals surface area contributed by atoms with Gasteiger partial charge in [0.05, 0.1) is 0 Å². The number of hydrogen-bond donors (Lipinski definition) is 0. The van der Waals surface area contributed by atoms with Gasteiger partial charge in [0.1, 0.15) is 11.5 Å². The Morgan fingerprint density at radius 1 is 0.889 bits per heavy atom. The maximum Gasteiger partial charge on any atom is 0.387 e. The summed E-state index contributed by atoms with van der Waals surface area (Å²) in [5.74, 6) is -0.833. The molecule has 0 aromatic heterocycles. The first-order valence-electron chi connectivity index (χ1n) is 12.7. The molecule has 1 fully saturated rings. The number of halogens is 4. The van der Waals surface area contributed by atoms with Gasteiger partial charge in [-0.3, -0.25) is 0 Å². The van der Waals surface area contributed by atoms with Crippen LogP contribution in [0.25, 0.3) is 11.1 Å².